The standard InChI is InChI=1S/C10H15Br2NO3S2/c1-7-9(4-10(12)17-7)18(14,15)13(2)5-8(11)6-16-3/h4,8H,5-6H2,1-3H3. The maximum atomic E-state index is 12.4. The van der Waals surface area contributed by atoms with Gasteiger partial charge >= 0.3 is 0 Å². The third-order valence-corrected chi connectivity index (χ3v) is 6.52. The second kappa shape index (κ2) is 6.81. The number of nitrogens with zero attached hydrogens (tertiary/aromatic N) is 1. The van der Waals surface area contributed by atoms with Crippen LogP contribution >= 0.6 is 43.2 Å². The summed E-state index contributed by atoms with van der Waals surface area (Å²) in [6.07, 6.45) is 0. The summed E-state index contributed by atoms with van der Waals surface area (Å²) in [5.41, 5.74) is 0. The Balaban J connectivity index is 2.90. The molecule has 0 bridgehead atoms. The van der Waals surface area contributed by atoms with E-state index in [1.165, 1.54) is 15.6 Å². The summed E-state index contributed by atoms with van der Waals surface area (Å²) in [5.74, 6) is 0. The van der Waals surface area contributed by atoms with Crippen LogP contribution in [-0.2, 0) is 14.8 Å². The highest BCUT2D eigenvalue weighted by atomic mass is 79.9. The zero-order chi connectivity index (χ0) is 13.9. The van der Waals surface area contributed by atoms with Gasteiger partial charge in [-0.2, -0.15) is 4.31 Å². The van der Waals surface area contributed by atoms with Crippen molar-refractivity contribution < 1.29 is 13.2 Å². The van der Waals surface area contributed by atoms with E-state index in [0.29, 0.717) is 18.0 Å². The highest BCUT2D eigenvalue weighted by molar-refractivity contribution is 9.11. The number of sulfonamides is 1. The number of hydrogen-bond donors (Lipinski definition) is 0. The molecule has 1 heterocycles. The van der Waals surface area contributed by atoms with Crippen molar-refractivity contribution in [2.24, 2.45) is 0 Å². The Bertz CT molecular complexity index is 501. The largest absolute Gasteiger partial charge is 0.383 e. The van der Waals surface area contributed by atoms with Gasteiger partial charge in [0.05, 0.1) is 20.1 Å². The average Bonchev–Trinajstić information content (AvgIpc) is 2.58. The molecule has 0 aliphatic heterocycles. The molecular formula is C10H15Br2NO3S2. The van der Waals surface area contributed by atoms with E-state index in [1.807, 2.05) is 0 Å². The molecule has 1 aromatic heterocycles. The summed E-state index contributed by atoms with van der Waals surface area (Å²) < 4.78 is 31.8. The lowest BCUT2D eigenvalue weighted by atomic mass is 10.4. The molecule has 0 aromatic carbocycles. The van der Waals surface area contributed by atoms with Gasteiger partial charge < -0.3 is 4.74 Å². The van der Waals surface area contributed by atoms with Gasteiger partial charge in [-0.05, 0) is 28.9 Å². The second-order valence-corrected chi connectivity index (χ2v) is 9.75. The van der Waals surface area contributed by atoms with E-state index in [4.69, 9.17) is 4.74 Å². The molecule has 1 unspecified atom stereocenters. The number of alkyl halides is 1. The first-order valence-corrected chi connectivity index (χ1v) is 9.10. The molecule has 18 heavy (non-hydrogen) atoms. The van der Waals surface area contributed by atoms with Crippen molar-refractivity contribution in [2.45, 2.75) is 16.6 Å². The molecule has 0 N–H and O–H groups in total. The molecule has 0 spiro atoms. The van der Waals surface area contributed by atoms with E-state index in [0.717, 1.165) is 8.66 Å². The normalized spacial score (nSPS) is 14.1. The first-order valence-electron chi connectivity index (χ1n) is 5.14. The Kier molecular flexibility index (Phi) is 6.27. The molecule has 1 rings (SSSR count). The Morgan fingerprint density at radius 3 is 2.61 bits per heavy atom. The molecule has 1 atom stereocenters. The summed E-state index contributed by atoms with van der Waals surface area (Å²) in [5, 5.41) is 0. The van der Waals surface area contributed by atoms with Gasteiger partial charge in [0.2, 0.25) is 10.0 Å². The summed E-state index contributed by atoms with van der Waals surface area (Å²) >= 11 is 8.11. The molecule has 0 aliphatic rings. The molecule has 0 saturated heterocycles. The van der Waals surface area contributed by atoms with Gasteiger partial charge in [0.1, 0.15) is 0 Å². The van der Waals surface area contributed by atoms with Crippen molar-refractivity contribution >= 4 is 53.2 Å². The monoisotopic (exact) mass is 419 g/mol. The van der Waals surface area contributed by atoms with Gasteiger partial charge in [-0.1, -0.05) is 15.9 Å². The first-order chi connectivity index (χ1) is 8.28. The van der Waals surface area contributed by atoms with Gasteiger partial charge in [-0.25, -0.2) is 8.42 Å². The third-order valence-electron chi connectivity index (χ3n) is 2.33. The van der Waals surface area contributed by atoms with Crippen LogP contribution in [0.2, 0.25) is 0 Å². The Hall–Kier alpha value is 0.530. The summed E-state index contributed by atoms with van der Waals surface area (Å²) in [6, 6.07) is 1.64. The molecule has 0 radical (unpaired) electrons. The van der Waals surface area contributed by atoms with Crippen LogP contribution in [0.1, 0.15) is 4.88 Å². The van der Waals surface area contributed by atoms with Crippen LogP contribution in [0.3, 0.4) is 0 Å². The number of rotatable bonds is 6. The van der Waals surface area contributed by atoms with E-state index >= 15 is 0 Å². The van der Waals surface area contributed by atoms with E-state index in [1.54, 1.807) is 27.1 Å². The van der Waals surface area contributed by atoms with Gasteiger partial charge in [-0.3, -0.25) is 0 Å². The maximum absolute atomic E-state index is 12.4. The molecular weight excluding hydrogens is 406 g/mol. The lowest BCUT2D eigenvalue weighted by Gasteiger charge is -2.19. The number of halogens is 2. The smallest absolute Gasteiger partial charge is 0.243 e. The topological polar surface area (TPSA) is 46.6 Å². The third kappa shape index (κ3) is 4.01. The van der Waals surface area contributed by atoms with Crippen LogP contribution in [-0.4, -0.2) is 44.9 Å². The quantitative estimate of drug-likeness (QED) is 0.664. The molecule has 104 valence electrons. The molecule has 0 amide bonds. The summed E-state index contributed by atoms with van der Waals surface area (Å²) in [4.78, 5) is 1.12. The lowest BCUT2D eigenvalue weighted by Crippen LogP contribution is -2.33. The van der Waals surface area contributed by atoms with Gasteiger partial charge in [-0.15, -0.1) is 11.3 Å². The van der Waals surface area contributed by atoms with Crippen LogP contribution in [0.5, 0.6) is 0 Å². The summed E-state index contributed by atoms with van der Waals surface area (Å²) in [6.45, 7) is 2.63. The van der Waals surface area contributed by atoms with Crippen LogP contribution in [0, 0.1) is 6.92 Å². The Labute approximate surface area is 129 Å². The minimum atomic E-state index is -3.43. The van der Waals surface area contributed by atoms with Crippen LogP contribution < -0.4 is 0 Å². The molecule has 4 nitrogen and oxygen atoms in total. The highest BCUT2D eigenvalue weighted by Gasteiger charge is 2.26. The molecule has 0 saturated carbocycles. The molecule has 1 aromatic rings. The predicted octanol–water partition coefficient (Wildman–Crippen LogP) is 2.85. The fraction of sp³-hybridized carbons (Fsp3) is 0.600. The van der Waals surface area contributed by atoms with E-state index in [-0.39, 0.29) is 4.83 Å². The minimum absolute atomic E-state index is 0.0235. The van der Waals surface area contributed by atoms with E-state index < -0.39 is 10.0 Å². The summed E-state index contributed by atoms with van der Waals surface area (Å²) in [7, 11) is -0.274. The van der Waals surface area contributed by atoms with E-state index in [2.05, 4.69) is 31.9 Å². The van der Waals surface area contributed by atoms with Gasteiger partial charge in [0.15, 0.2) is 0 Å². The fourth-order valence-electron chi connectivity index (χ4n) is 1.47. The zero-order valence-electron chi connectivity index (χ0n) is 10.3. The van der Waals surface area contributed by atoms with Crippen molar-refractivity contribution in [3.63, 3.8) is 0 Å². The predicted molar refractivity (Wildman–Crippen MR) is 81.2 cm³/mol. The number of hydrogen-bond acceptors (Lipinski definition) is 4. The molecule has 8 heteroatoms. The lowest BCUT2D eigenvalue weighted by molar-refractivity contribution is 0.195. The maximum Gasteiger partial charge on any atom is 0.243 e. The van der Waals surface area contributed by atoms with Gasteiger partial charge in [0, 0.05) is 25.6 Å². The first kappa shape index (κ1) is 16.6. The van der Waals surface area contributed by atoms with E-state index in [9.17, 15) is 8.42 Å². The Morgan fingerprint density at radius 2 is 2.17 bits per heavy atom. The van der Waals surface area contributed by atoms with Crippen LogP contribution in [0.25, 0.3) is 0 Å². The zero-order valence-corrected chi connectivity index (χ0v) is 15.1. The number of aryl methyl sites for hydroxylation is 1. The minimum Gasteiger partial charge on any atom is -0.383 e. The van der Waals surface area contributed by atoms with Crippen LogP contribution in [0.4, 0.5) is 0 Å². The van der Waals surface area contributed by atoms with Crippen molar-refractivity contribution in [1.82, 2.24) is 4.31 Å². The number of ether oxygens (including phenoxy) is 1. The average molecular weight is 421 g/mol. The van der Waals surface area contributed by atoms with Gasteiger partial charge in [0.25, 0.3) is 0 Å². The SMILES string of the molecule is COCC(Br)CN(C)S(=O)(=O)c1cc(Br)sc1C. The fourth-order valence-corrected chi connectivity index (χ4v) is 5.95. The molecule has 0 aliphatic carbocycles. The van der Waals surface area contributed by atoms with Crippen molar-refractivity contribution in [2.75, 3.05) is 27.3 Å². The highest BCUT2D eigenvalue weighted by Crippen LogP contribution is 2.31. The second-order valence-electron chi connectivity index (χ2n) is 3.81. The molecule has 0 fully saturated rings. The van der Waals surface area contributed by atoms with Crippen molar-refractivity contribution in [3.05, 3.63) is 14.7 Å². The van der Waals surface area contributed by atoms with Crippen molar-refractivity contribution in [3.8, 4) is 0 Å². The van der Waals surface area contributed by atoms with Crippen molar-refractivity contribution in [1.29, 1.82) is 0 Å². The van der Waals surface area contributed by atoms with Crippen LogP contribution in [0.15, 0.2) is 14.7 Å². The Morgan fingerprint density at radius 1 is 1.56 bits per heavy atom. The number of thiophene rings is 1. The number of methoxy groups -OCH3 is 1.